The van der Waals surface area contributed by atoms with Crippen molar-refractivity contribution in [3.8, 4) is 5.75 Å². The molecule has 0 fully saturated rings. The van der Waals surface area contributed by atoms with Crippen LogP contribution in [-0.4, -0.2) is 25.4 Å². The molecule has 1 N–H and O–H groups in total. The van der Waals surface area contributed by atoms with Crippen LogP contribution in [0.25, 0.3) is 0 Å². The number of allylic oxidation sites excluding steroid dienone is 1. The van der Waals surface area contributed by atoms with Crippen LogP contribution in [0.2, 0.25) is 0 Å². The summed E-state index contributed by atoms with van der Waals surface area (Å²) in [6, 6.07) is 17.9. The first-order chi connectivity index (χ1) is 13.2. The minimum Gasteiger partial charge on any atom is -0.487 e. The van der Waals surface area contributed by atoms with Gasteiger partial charge in [0, 0.05) is 11.3 Å². The molecule has 1 unspecified atom stereocenters. The fraction of sp³-hybridized carbons (Fsp3) is 0.286. The summed E-state index contributed by atoms with van der Waals surface area (Å²) >= 11 is 1.52. The van der Waals surface area contributed by atoms with E-state index in [-0.39, 0.29) is 12.2 Å². The molecule has 1 aliphatic heterocycles. The number of nitrogens with one attached hydrogen (secondary N) is 1. The highest BCUT2D eigenvalue weighted by Gasteiger charge is 2.23. The lowest BCUT2D eigenvalue weighted by atomic mass is 10.2. The van der Waals surface area contributed by atoms with Gasteiger partial charge in [-0.05, 0) is 24.6 Å². The molecule has 0 saturated heterocycles. The summed E-state index contributed by atoms with van der Waals surface area (Å²) < 4.78 is 16.5. The summed E-state index contributed by atoms with van der Waals surface area (Å²) in [6.45, 7) is 2.35. The Morgan fingerprint density at radius 2 is 2.00 bits per heavy atom. The highest BCUT2D eigenvalue weighted by molar-refractivity contribution is 7.99. The van der Waals surface area contributed by atoms with Crippen molar-refractivity contribution in [3.63, 3.8) is 0 Å². The number of ether oxygens (including phenoxy) is 3. The smallest absolute Gasteiger partial charge is 0.315 e. The summed E-state index contributed by atoms with van der Waals surface area (Å²) in [5.74, 6) is 2.49. The monoisotopic (exact) mass is 385 g/mol. The van der Waals surface area contributed by atoms with Gasteiger partial charge < -0.3 is 19.5 Å². The zero-order chi connectivity index (χ0) is 19.1. The maximum atomic E-state index is 11.2. The Bertz CT molecular complexity index is 807. The highest BCUT2D eigenvalue weighted by atomic mass is 32.2. The number of rotatable bonds is 8. The van der Waals surface area contributed by atoms with Crippen molar-refractivity contribution in [3.05, 3.63) is 77.2 Å². The molecule has 0 saturated carbocycles. The molecule has 0 amide bonds. The summed E-state index contributed by atoms with van der Waals surface area (Å²) in [6.07, 6.45) is -0.175. The number of hydrogen-bond donors (Lipinski definition) is 1. The molecule has 5 nitrogen and oxygen atoms in total. The zero-order valence-corrected chi connectivity index (χ0v) is 16.3. The number of methoxy groups -OCH3 is 1. The Balaban J connectivity index is 1.52. The fourth-order valence-corrected chi connectivity index (χ4v) is 3.45. The van der Waals surface area contributed by atoms with Gasteiger partial charge >= 0.3 is 5.97 Å². The van der Waals surface area contributed by atoms with Gasteiger partial charge in [0.05, 0.1) is 18.6 Å². The molecule has 0 spiro atoms. The maximum absolute atomic E-state index is 11.2. The Morgan fingerprint density at radius 1 is 1.19 bits per heavy atom. The third kappa shape index (κ3) is 5.44. The van der Waals surface area contributed by atoms with E-state index in [4.69, 9.17) is 9.47 Å². The number of carbonyl (C=O) groups is 1. The van der Waals surface area contributed by atoms with Gasteiger partial charge in [0.25, 0.3) is 0 Å². The second-order valence-electron chi connectivity index (χ2n) is 6.09. The van der Waals surface area contributed by atoms with E-state index in [0.29, 0.717) is 12.4 Å². The second-order valence-corrected chi connectivity index (χ2v) is 7.08. The molecule has 3 rings (SSSR count). The van der Waals surface area contributed by atoms with E-state index in [1.807, 2.05) is 61.5 Å². The first-order valence-corrected chi connectivity index (χ1v) is 9.85. The molecule has 27 heavy (non-hydrogen) atoms. The van der Waals surface area contributed by atoms with Crippen LogP contribution >= 0.6 is 11.8 Å². The van der Waals surface area contributed by atoms with E-state index in [1.54, 1.807) is 0 Å². The SMILES string of the molecule is COC(=O)CSCc1cccc(OCC2=C(C)OC(c3ccccc3)N2)c1. The molecule has 0 bridgehead atoms. The van der Waals surface area contributed by atoms with Crippen molar-refractivity contribution >= 4 is 17.7 Å². The van der Waals surface area contributed by atoms with E-state index in [9.17, 15) is 4.79 Å². The molecule has 0 aliphatic carbocycles. The van der Waals surface area contributed by atoms with Gasteiger partial charge in [-0.2, -0.15) is 0 Å². The first-order valence-electron chi connectivity index (χ1n) is 8.70. The van der Waals surface area contributed by atoms with Crippen molar-refractivity contribution < 1.29 is 19.0 Å². The summed E-state index contributed by atoms with van der Waals surface area (Å²) in [5, 5.41) is 3.37. The Kier molecular flexibility index (Phi) is 6.65. The van der Waals surface area contributed by atoms with E-state index in [2.05, 4.69) is 10.1 Å². The maximum Gasteiger partial charge on any atom is 0.315 e. The second kappa shape index (κ2) is 9.37. The average molecular weight is 385 g/mol. The number of hydrogen-bond acceptors (Lipinski definition) is 6. The molecule has 2 aromatic rings. The lowest BCUT2D eigenvalue weighted by Crippen LogP contribution is -2.19. The average Bonchev–Trinajstić information content (AvgIpc) is 3.08. The Labute approximate surface area is 163 Å². The molecule has 0 radical (unpaired) electrons. The number of thioether (sulfide) groups is 1. The number of carbonyl (C=O) groups excluding carboxylic acids is 1. The fourth-order valence-electron chi connectivity index (χ4n) is 2.65. The molecule has 6 heteroatoms. The summed E-state index contributed by atoms with van der Waals surface area (Å²) in [4.78, 5) is 11.2. The van der Waals surface area contributed by atoms with Crippen LogP contribution in [0.3, 0.4) is 0 Å². The van der Waals surface area contributed by atoms with E-state index in [0.717, 1.165) is 34.1 Å². The molecular formula is C21H23NO4S. The standard InChI is InChI=1S/C21H23NO4S/c1-15-19(22-21(26-15)17-8-4-3-5-9-17)12-25-18-10-6-7-16(11-18)13-27-14-20(23)24-2/h3-11,21-22H,12-14H2,1-2H3. The van der Waals surface area contributed by atoms with E-state index in [1.165, 1.54) is 18.9 Å². The van der Waals surface area contributed by atoms with E-state index >= 15 is 0 Å². The number of benzene rings is 2. The zero-order valence-electron chi connectivity index (χ0n) is 15.4. The molecular weight excluding hydrogens is 362 g/mol. The van der Waals surface area contributed by atoms with Crippen LogP contribution in [0.15, 0.2) is 66.1 Å². The van der Waals surface area contributed by atoms with Crippen LogP contribution in [-0.2, 0) is 20.0 Å². The predicted octanol–water partition coefficient (Wildman–Crippen LogP) is 4.02. The molecule has 0 aromatic heterocycles. The van der Waals surface area contributed by atoms with Gasteiger partial charge in [0.2, 0.25) is 0 Å². The van der Waals surface area contributed by atoms with Crippen molar-refractivity contribution in [1.29, 1.82) is 0 Å². The van der Waals surface area contributed by atoms with Crippen LogP contribution < -0.4 is 10.1 Å². The topological polar surface area (TPSA) is 56.8 Å². The van der Waals surface area contributed by atoms with Gasteiger partial charge in [0.1, 0.15) is 18.1 Å². The number of esters is 1. The van der Waals surface area contributed by atoms with Gasteiger partial charge in [0.15, 0.2) is 6.23 Å². The normalized spacial score (nSPS) is 15.9. The van der Waals surface area contributed by atoms with E-state index < -0.39 is 0 Å². The van der Waals surface area contributed by atoms with Crippen LogP contribution in [0, 0.1) is 0 Å². The van der Waals surface area contributed by atoms with Crippen molar-refractivity contribution in [1.82, 2.24) is 5.32 Å². The van der Waals surface area contributed by atoms with Gasteiger partial charge in [-0.15, -0.1) is 11.8 Å². The Morgan fingerprint density at radius 3 is 2.78 bits per heavy atom. The predicted molar refractivity (Wildman–Crippen MR) is 106 cm³/mol. The highest BCUT2D eigenvalue weighted by Crippen LogP contribution is 2.27. The third-order valence-corrected chi connectivity index (χ3v) is 5.10. The lowest BCUT2D eigenvalue weighted by molar-refractivity contribution is -0.137. The third-order valence-electron chi connectivity index (χ3n) is 4.13. The van der Waals surface area contributed by atoms with Gasteiger partial charge in [-0.25, -0.2) is 0 Å². The summed E-state index contributed by atoms with van der Waals surface area (Å²) in [5.41, 5.74) is 3.12. The largest absolute Gasteiger partial charge is 0.487 e. The quantitative estimate of drug-likeness (QED) is 0.693. The van der Waals surface area contributed by atoms with Crippen LogP contribution in [0.4, 0.5) is 0 Å². The lowest BCUT2D eigenvalue weighted by Gasteiger charge is -2.13. The molecule has 142 valence electrons. The van der Waals surface area contributed by atoms with Crippen molar-refractivity contribution in [2.75, 3.05) is 19.5 Å². The molecule has 2 aromatic carbocycles. The minimum atomic E-state index is -0.213. The van der Waals surface area contributed by atoms with Gasteiger partial charge in [-0.3, -0.25) is 4.79 Å². The molecule has 1 heterocycles. The van der Waals surface area contributed by atoms with Crippen LogP contribution in [0.5, 0.6) is 5.75 Å². The summed E-state index contributed by atoms with van der Waals surface area (Å²) in [7, 11) is 1.40. The van der Waals surface area contributed by atoms with Gasteiger partial charge in [-0.1, -0.05) is 42.5 Å². The first kappa shape index (κ1) is 19.2. The van der Waals surface area contributed by atoms with Crippen molar-refractivity contribution in [2.45, 2.75) is 18.9 Å². The van der Waals surface area contributed by atoms with Crippen molar-refractivity contribution in [2.24, 2.45) is 0 Å². The van der Waals surface area contributed by atoms with Crippen LogP contribution in [0.1, 0.15) is 24.3 Å². The minimum absolute atomic E-state index is 0.175. The molecule has 1 atom stereocenters. The Hall–Kier alpha value is -2.60. The molecule has 1 aliphatic rings.